The smallest absolute Gasteiger partial charge is 0.286 e. The van der Waals surface area contributed by atoms with Crippen molar-refractivity contribution < 1.29 is 19.4 Å². The number of hydrogen-bond acceptors (Lipinski definition) is 5. The second kappa shape index (κ2) is 9.36. The van der Waals surface area contributed by atoms with Gasteiger partial charge in [-0.05, 0) is 30.4 Å². The van der Waals surface area contributed by atoms with Gasteiger partial charge in [0, 0.05) is 23.8 Å². The lowest BCUT2D eigenvalue weighted by Gasteiger charge is -2.28. The van der Waals surface area contributed by atoms with Crippen LogP contribution in [0, 0.1) is 12.3 Å². The van der Waals surface area contributed by atoms with Crippen molar-refractivity contribution in [2.75, 3.05) is 19.8 Å². The van der Waals surface area contributed by atoms with Gasteiger partial charge in [0.05, 0.1) is 13.2 Å². The third kappa shape index (κ3) is 5.39. The summed E-state index contributed by atoms with van der Waals surface area (Å²) in [5.74, 6) is 2.37. The Labute approximate surface area is 140 Å². The molecule has 2 heterocycles. The van der Waals surface area contributed by atoms with Gasteiger partial charge in [-0.2, -0.15) is 0 Å². The van der Waals surface area contributed by atoms with Crippen LogP contribution in [0.5, 0.6) is 0 Å². The summed E-state index contributed by atoms with van der Waals surface area (Å²) in [7, 11) is 0. The van der Waals surface area contributed by atoms with Crippen LogP contribution in [0.4, 0.5) is 0 Å². The topological polar surface area (TPSA) is 67.8 Å². The first-order chi connectivity index (χ1) is 11.2. The monoisotopic (exact) mass is 335 g/mol. The number of terminal acetylenes is 1. The number of rotatable bonds is 8. The summed E-state index contributed by atoms with van der Waals surface area (Å²) >= 11 is 1.64. The van der Waals surface area contributed by atoms with Crippen molar-refractivity contribution in [3.05, 3.63) is 34.2 Å². The Hall–Kier alpha value is -1.81. The highest BCUT2D eigenvalue weighted by Gasteiger charge is 2.28. The third-order valence-corrected chi connectivity index (χ3v) is 4.40. The zero-order chi connectivity index (χ0) is 16.5. The molecule has 0 unspecified atom stereocenters. The number of carbonyl (C=O) groups is 1. The number of thiophene rings is 1. The van der Waals surface area contributed by atoms with E-state index >= 15 is 0 Å². The molecular weight excluding hydrogens is 314 g/mol. The van der Waals surface area contributed by atoms with E-state index in [4.69, 9.17) is 21.0 Å². The van der Waals surface area contributed by atoms with Gasteiger partial charge in [0.2, 0.25) is 6.29 Å². The molecule has 2 atom stereocenters. The van der Waals surface area contributed by atoms with E-state index in [0.29, 0.717) is 19.4 Å². The van der Waals surface area contributed by atoms with Crippen molar-refractivity contribution in [3.63, 3.8) is 0 Å². The van der Waals surface area contributed by atoms with Gasteiger partial charge in [0.1, 0.15) is 0 Å². The standard InChI is InChI=1S/C17H21NO4S/c1-2-7-18-17(20)14-11-13(15-6-5-10-23-15)12-16(22-14)21-9-4-3-8-19/h1,5-6,10-11,13,16,19H,3-4,7-9,12H2,(H,18,20)/t13-,16+/m0/s1. The van der Waals surface area contributed by atoms with Crippen LogP contribution in [0.2, 0.25) is 0 Å². The van der Waals surface area contributed by atoms with E-state index in [1.165, 1.54) is 4.88 Å². The number of allylic oxidation sites excluding steroid dienone is 1. The molecule has 0 saturated heterocycles. The molecule has 6 heteroatoms. The van der Waals surface area contributed by atoms with Crippen molar-refractivity contribution in [3.8, 4) is 12.3 Å². The van der Waals surface area contributed by atoms with E-state index in [-0.39, 0.29) is 30.7 Å². The van der Waals surface area contributed by atoms with Gasteiger partial charge >= 0.3 is 0 Å². The van der Waals surface area contributed by atoms with E-state index in [1.807, 2.05) is 23.6 Å². The summed E-state index contributed by atoms with van der Waals surface area (Å²) in [6, 6.07) is 4.02. The zero-order valence-electron chi connectivity index (χ0n) is 12.9. The molecule has 0 radical (unpaired) electrons. The highest BCUT2D eigenvalue weighted by molar-refractivity contribution is 7.10. The number of hydrogen-bond donors (Lipinski definition) is 2. The van der Waals surface area contributed by atoms with Crippen LogP contribution in [0.3, 0.4) is 0 Å². The fourth-order valence-corrected chi connectivity index (χ4v) is 3.08. The molecule has 0 fully saturated rings. The lowest BCUT2D eigenvalue weighted by Crippen LogP contribution is -2.33. The molecule has 0 aromatic carbocycles. The van der Waals surface area contributed by atoms with Gasteiger partial charge in [-0.3, -0.25) is 4.79 Å². The summed E-state index contributed by atoms with van der Waals surface area (Å²) in [5, 5.41) is 13.4. The quantitative estimate of drug-likeness (QED) is 0.563. The van der Waals surface area contributed by atoms with Crippen LogP contribution < -0.4 is 5.32 Å². The van der Waals surface area contributed by atoms with Crippen LogP contribution in [-0.2, 0) is 14.3 Å². The van der Waals surface area contributed by atoms with Crippen LogP contribution in [-0.4, -0.2) is 37.1 Å². The normalized spacial score (nSPS) is 20.3. The first kappa shape index (κ1) is 17.5. The first-order valence-electron chi connectivity index (χ1n) is 7.60. The van der Waals surface area contributed by atoms with E-state index in [0.717, 1.165) is 6.42 Å². The largest absolute Gasteiger partial charge is 0.459 e. The number of aliphatic hydroxyl groups excluding tert-OH is 1. The summed E-state index contributed by atoms with van der Waals surface area (Å²) in [4.78, 5) is 13.3. The SMILES string of the molecule is C#CCNC(=O)C1=C[C@H](c2cccs2)C[C@H](OCCCCO)O1. The number of carbonyl (C=O) groups excluding carboxylic acids is 1. The van der Waals surface area contributed by atoms with Gasteiger partial charge in [-0.15, -0.1) is 17.8 Å². The zero-order valence-corrected chi connectivity index (χ0v) is 13.7. The highest BCUT2D eigenvalue weighted by atomic mass is 32.1. The average Bonchev–Trinajstić information content (AvgIpc) is 3.11. The molecule has 0 saturated carbocycles. The molecule has 1 amide bonds. The maximum Gasteiger partial charge on any atom is 0.286 e. The molecule has 1 aromatic heterocycles. The molecule has 1 aliphatic rings. The molecule has 0 bridgehead atoms. The van der Waals surface area contributed by atoms with Crippen molar-refractivity contribution in [1.82, 2.24) is 5.32 Å². The predicted octanol–water partition coefficient (Wildman–Crippen LogP) is 2.00. The summed E-state index contributed by atoms with van der Waals surface area (Å²) in [5.41, 5.74) is 0. The second-order valence-corrected chi connectivity index (χ2v) is 6.10. The van der Waals surface area contributed by atoms with Gasteiger partial charge in [-0.25, -0.2) is 0 Å². The van der Waals surface area contributed by atoms with Gasteiger partial charge < -0.3 is 19.9 Å². The molecule has 1 aliphatic heterocycles. The minimum atomic E-state index is -0.475. The van der Waals surface area contributed by atoms with Gasteiger partial charge in [0.15, 0.2) is 5.76 Å². The van der Waals surface area contributed by atoms with Crippen LogP contribution in [0.25, 0.3) is 0 Å². The Morgan fingerprint density at radius 3 is 3.13 bits per heavy atom. The summed E-state index contributed by atoms with van der Waals surface area (Å²) in [6.07, 6.45) is 8.61. The van der Waals surface area contributed by atoms with Gasteiger partial charge in [0.25, 0.3) is 5.91 Å². The predicted molar refractivity (Wildman–Crippen MR) is 88.7 cm³/mol. The Kier molecular flexibility index (Phi) is 7.14. The number of aliphatic hydroxyl groups is 1. The van der Waals surface area contributed by atoms with E-state index < -0.39 is 6.29 Å². The minimum Gasteiger partial charge on any atom is -0.459 e. The number of nitrogens with one attached hydrogen (secondary N) is 1. The fourth-order valence-electron chi connectivity index (χ4n) is 2.27. The molecule has 23 heavy (non-hydrogen) atoms. The van der Waals surface area contributed by atoms with Crippen LogP contribution >= 0.6 is 11.3 Å². The molecular formula is C17H21NO4S. The maximum absolute atomic E-state index is 12.1. The average molecular weight is 335 g/mol. The Balaban J connectivity index is 2.03. The lowest BCUT2D eigenvalue weighted by molar-refractivity contribution is -0.146. The van der Waals surface area contributed by atoms with Crippen LogP contribution in [0.1, 0.15) is 30.1 Å². The van der Waals surface area contributed by atoms with Crippen molar-refractivity contribution in [1.29, 1.82) is 0 Å². The van der Waals surface area contributed by atoms with Crippen LogP contribution in [0.15, 0.2) is 29.3 Å². The maximum atomic E-state index is 12.1. The third-order valence-electron chi connectivity index (χ3n) is 3.40. The molecule has 2 N–H and O–H groups in total. The highest BCUT2D eigenvalue weighted by Crippen LogP contribution is 2.33. The first-order valence-corrected chi connectivity index (χ1v) is 8.48. The second-order valence-electron chi connectivity index (χ2n) is 5.12. The molecule has 0 spiro atoms. The Morgan fingerprint density at radius 2 is 2.43 bits per heavy atom. The number of unbranched alkanes of at least 4 members (excludes halogenated alkanes) is 1. The molecule has 2 rings (SSSR count). The summed E-state index contributed by atoms with van der Waals surface area (Å²) < 4.78 is 11.4. The van der Waals surface area contributed by atoms with E-state index in [9.17, 15) is 4.79 Å². The molecule has 124 valence electrons. The minimum absolute atomic E-state index is 0.0816. The Morgan fingerprint density at radius 1 is 1.57 bits per heavy atom. The molecule has 1 aromatic rings. The van der Waals surface area contributed by atoms with Gasteiger partial charge in [-0.1, -0.05) is 12.0 Å². The Bertz CT molecular complexity index is 562. The fraction of sp³-hybridized carbons (Fsp3) is 0.471. The molecule has 5 nitrogen and oxygen atoms in total. The van der Waals surface area contributed by atoms with Crippen molar-refractivity contribution in [2.24, 2.45) is 0 Å². The van der Waals surface area contributed by atoms with Crippen molar-refractivity contribution in [2.45, 2.75) is 31.5 Å². The summed E-state index contributed by atoms with van der Waals surface area (Å²) in [6.45, 7) is 0.791. The van der Waals surface area contributed by atoms with E-state index in [2.05, 4.69) is 11.2 Å². The van der Waals surface area contributed by atoms with Crippen molar-refractivity contribution >= 4 is 17.2 Å². The lowest BCUT2D eigenvalue weighted by atomic mass is 9.99. The van der Waals surface area contributed by atoms with E-state index in [1.54, 1.807) is 11.3 Å². The number of amides is 1. The number of ether oxygens (including phenoxy) is 2. The molecule has 0 aliphatic carbocycles.